The van der Waals surface area contributed by atoms with Gasteiger partial charge in [0.2, 0.25) is 0 Å². The lowest BCUT2D eigenvalue weighted by Gasteiger charge is -2.20. The highest BCUT2D eigenvalue weighted by molar-refractivity contribution is 9.10. The molecule has 0 spiro atoms. The Labute approximate surface area is 114 Å². The Balaban J connectivity index is 2.19. The molecule has 2 heterocycles. The zero-order valence-corrected chi connectivity index (χ0v) is 12.4. The van der Waals surface area contributed by atoms with E-state index in [0.717, 1.165) is 35.3 Å². The molecular formula is C12H17BrN2OS. The lowest BCUT2D eigenvalue weighted by molar-refractivity contribution is 0.0973. The van der Waals surface area contributed by atoms with E-state index >= 15 is 0 Å². The van der Waals surface area contributed by atoms with Crippen LogP contribution in [0.2, 0.25) is 0 Å². The zero-order valence-electron chi connectivity index (χ0n) is 9.99. The second-order valence-electron chi connectivity index (χ2n) is 4.28. The summed E-state index contributed by atoms with van der Waals surface area (Å²) in [6.07, 6.45) is 6.14. The van der Waals surface area contributed by atoms with Crippen molar-refractivity contribution in [2.45, 2.75) is 44.4 Å². The molecule has 5 heteroatoms. The molecule has 1 aliphatic rings. The fraction of sp³-hybridized carbons (Fsp3) is 0.667. The number of hydrogen-bond donors (Lipinski definition) is 0. The van der Waals surface area contributed by atoms with E-state index in [1.54, 1.807) is 18.0 Å². The highest BCUT2D eigenvalue weighted by atomic mass is 79.9. The Kier molecular flexibility index (Phi) is 4.68. The summed E-state index contributed by atoms with van der Waals surface area (Å²) >= 11 is 5.23. The van der Waals surface area contributed by atoms with E-state index in [4.69, 9.17) is 0 Å². The minimum absolute atomic E-state index is 0.132. The predicted octanol–water partition coefficient (Wildman–Crippen LogP) is 3.52. The van der Waals surface area contributed by atoms with Crippen LogP contribution in [-0.2, 0) is 6.54 Å². The zero-order chi connectivity index (χ0) is 12.3. The van der Waals surface area contributed by atoms with Gasteiger partial charge < -0.3 is 0 Å². The molecule has 0 bridgehead atoms. The molecule has 0 aliphatic carbocycles. The number of carbonyl (C=O) groups excluding carboxylic acids is 1. The summed E-state index contributed by atoms with van der Waals surface area (Å²) in [5, 5.41) is 4.39. The van der Waals surface area contributed by atoms with Crippen LogP contribution >= 0.6 is 27.7 Å². The fourth-order valence-electron chi connectivity index (χ4n) is 2.09. The largest absolute Gasteiger partial charge is 0.291 e. The van der Waals surface area contributed by atoms with Crippen LogP contribution in [0.3, 0.4) is 0 Å². The molecule has 17 heavy (non-hydrogen) atoms. The molecule has 94 valence electrons. The average Bonchev–Trinajstić information content (AvgIpc) is 2.71. The Morgan fingerprint density at radius 2 is 2.47 bits per heavy atom. The number of nitrogens with zero attached hydrogens (tertiary/aromatic N) is 2. The number of thioether (sulfide) groups is 1. The maximum atomic E-state index is 12.5. The van der Waals surface area contributed by atoms with E-state index in [0.29, 0.717) is 0 Å². The van der Waals surface area contributed by atoms with Gasteiger partial charge in [-0.15, -0.1) is 0 Å². The first-order chi connectivity index (χ1) is 8.24. The Morgan fingerprint density at radius 3 is 3.12 bits per heavy atom. The molecule has 0 N–H and O–H groups in total. The van der Waals surface area contributed by atoms with E-state index in [1.807, 2.05) is 4.68 Å². The van der Waals surface area contributed by atoms with Crippen LogP contribution in [0.4, 0.5) is 0 Å². The third-order valence-electron chi connectivity index (χ3n) is 2.94. The summed E-state index contributed by atoms with van der Waals surface area (Å²) in [4.78, 5) is 12.5. The van der Waals surface area contributed by atoms with E-state index in [2.05, 4.69) is 28.0 Å². The second-order valence-corrected chi connectivity index (χ2v) is 6.45. The number of carbonyl (C=O) groups is 1. The lowest BCUT2D eigenvalue weighted by atomic mass is 10.1. The number of Topliss-reactive ketones (excluding diaryl/α,β-unsaturated/α-hetero) is 1. The maximum Gasteiger partial charge on any atom is 0.194 e. The summed E-state index contributed by atoms with van der Waals surface area (Å²) < 4.78 is 2.67. The van der Waals surface area contributed by atoms with Crippen LogP contribution in [0.1, 0.15) is 43.1 Å². The first kappa shape index (κ1) is 13.1. The molecule has 3 nitrogen and oxygen atoms in total. The number of hydrogen-bond acceptors (Lipinski definition) is 3. The normalized spacial score (nSPS) is 20.5. The van der Waals surface area contributed by atoms with E-state index < -0.39 is 0 Å². The molecule has 1 aliphatic heterocycles. The maximum absolute atomic E-state index is 12.5. The van der Waals surface area contributed by atoms with Gasteiger partial charge in [-0.2, -0.15) is 16.9 Å². The van der Waals surface area contributed by atoms with Crippen molar-refractivity contribution >= 4 is 33.5 Å². The van der Waals surface area contributed by atoms with Crippen LogP contribution in [-0.4, -0.2) is 26.6 Å². The van der Waals surface area contributed by atoms with Gasteiger partial charge in [-0.25, -0.2) is 0 Å². The van der Waals surface area contributed by atoms with Crippen molar-refractivity contribution in [1.29, 1.82) is 0 Å². The Morgan fingerprint density at radius 1 is 1.65 bits per heavy atom. The summed E-state index contributed by atoms with van der Waals surface area (Å²) in [7, 11) is 0. The molecule has 1 unspecified atom stereocenters. The van der Waals surface area contributed by atoms with Gasteiger partial charge in [-0.3, -0.25) is 9.48 Å². The van der Waals surface area contributed by atoms with Crippen molar-refractivity contribution in [2.24, 2.45) is 0 Å². The van der Waals surface area contributed by atoms with E-state index in [-0.39, 0.29) is 11.0 Å². The highest BCUT2D eigenvalue weighted by Gasteiger charge is 2.27. The smallest absolute Gasteiger partial charge is 0.194 e. The van der Waals surface area contributed by atoms with Crippen LogP contribution in [0.15, 0.2) is 10.7 Å². The molecule has 1 aromatic heterocycles. The second kappa shape index (κ2) is 6.05. The first-order valence-electron chi connectivity index (χ1n) is 6.11. The molecule has 0 saturated carbocycles. The van der Waals surface area contributed by atoms with Crippen molar-refractivity contribution in [2.75, 3.05) is 5.75 Å². The molecule has 1 saturated heterocycles. The van der Waals surface area contributed by atoms with Gasteiger partial charge in [0.15, 0.2) is 5.78 Å². The standard InChI is InChI=1S/C12H17BrN2OS/c1-2-6-15-11(9(13)8-14-15)12(16)10-5-3-4-7-17-10/h8,10H,2-7H2,1H3. The number of aromatic nitrogens is 2. The number of ketones is 1. The highest BCUT2D eigenvalue weighted by Crippen LogP contribution is 2.30. The van der Waals surface area contributed by atoms with Gasteiger partial charge in [0.25, 0.3) is 0 Å². The van der Waals surface area contributed by atoms with Gasteiger partial charge in [-0.1, -0.05) is 13.3 Å². The topological polar surface area (TPSA) is 34.9 Å². The van der Waals surface area contributed by atoms with E-state index in [1.165, 1.54) is 12.8 Å². The van der Waals surface area contributed by atoms with Crippen molar-refractivity contribution < 1.29 is 4.79 Å². The van der Waals surface area contributed by atoms with Gasteiger partial charge in [0.05, 0.1) is 15.9 Å². The Bertz CT molecular complexity index is 399. The fourth-order valence-corrected chi connectivity index (χ4v) is 3.83. The lowest BCUT2D eigenvalue weighted by Crippen LogP contribution is -2.24. The van der Waals surface area contributed by atoms with Gasteiger partial charge in [0.1, 0.15) is 5.69 Å². The predicted molar refractivity (Wildman–Crippen MR) is 74.6 cm³/mol. The SMILES string of the molecule is CCCn1ncc(Br)c1C(=O)C1CCCCS1. The molecule has 2 rings (SSSR count). The third-order valence-corrected chi connectivity index (χ3v) is 4.89. The van der Waals surface area contributed by atoms with Crippen LogP contribution < -0.4 is 0 Å². The minimum Gasteiger partial charge on any atom is -0.291 e. The van der Waals surface area contributed by atoms with Crippen molar-refractivity contribution in [3.8, 4) is 0 Å². The van der Waals surface area contributed by atoms with Crippen molar-refractivity contribution in [1.82, 2.24) is 9.78 Å². The van der Waals surface area contributed by atoms with Crippen LogP contribution in [0, 0.1) is 0 Å². The molecule has 0 amide bonds. The third kappa shape index (κ3) is 2.94. The number of rotatable bonds is 4. The van der Waals surface area contributed by atoms with Crippen molar-refractivity contribution in [3.05, 3.63) is 16.4 Å². The summed E-state index contributed by atoms with van der Waals surface area (Å²) in [6, 6.07) is 0. The first-order valence-corrected chi connectivity index (χ1v) is 7.95. The van der Waals surface area contributed by atoms with Gasteiger partial charge in [-0.05, 0) is 40.9 Å². The van der Waals surface area contributed by atoms with Gasteiger partial charge in [0, 0.05) is 6.54 Å². The number of aryl methyl sites for hydroxylation is 1. The minimum atomic E-state index is 0.132. The molecule has 1 aromatic rings. The number of halogens is 1. The molecule has 1 atom stereocenters. The van der Waals surface area contributed by atoms with Crippen LogP contribution in [0.5, 0.6) is 0 Å². The van der Waals surface area contributed by atoms with Gasteiger partial charge >= 0.3 is 0 Å². The monoisotopic (exact) mass is 316 g/mol. The molecular weight excluding hydrogens is 300 g/mol. The average molecular weight is 317 g/mol. The quantitative estimate of drug-likeness (QED) is 0.797. The van der Waals surface area contributed by atoms with Crippen LogP contribution in [0.25, 0.3) is 0 Å². The summed E-state index contributed by atoms with van der Waals surface area (Å²) in [6.45, 7) is 2.91. The summed E-state index contributed by atoms with van der Waals surface area (Å²) in [5.74, 6) is 1.35. The Hall–Kier alpha value is -0.290. The summed E-state index contributed by atoms with van der Waals surface area (Å²) in [5.41, 5.74) is 0.756. The molecule has 0 aromatic carbocycles. The molecule has 0 radical (unpaired) electrons. The van der Waals surface area contributed by atoms with Crippen molar-refractivity contribution in [3.63, 3.8) is 0 Å². The molecule has 1 fully saturated rings. The van der Waals surface area contributed by atoms with E-state index in [9.17, 15) is 4.79 Å².